The molecular formula is C12H21N3O3S. The Morgan fingerprint density at radius 1 is 1.37 bits per heavy atom. The first-order valence-electron chi connectivity index (χ1n) is 5.94. The molecule has 3 N–H and O–H groups in total. The molecule has 0 bridgehead atoms. The van der Waals surface area contributed by atoms with Gasteiger partial charge in [0.25, 0.3) is 0 Å². The summed E-state index contributed by atoms with van der Waals surface area (Å²) in [6.45, 7) is 1.20. The van der Waals surface area contributed by atoms with E-state index in [2.05, 4.69) is 4.72 Å². The van der Waals surface area contributed by atoms with Gasteiger partial charge < -0.3 is 15.4 Å². The first-order valence-corrected chi connectivity index (χ1v) is 7.43. The average Bonchev–Trinajstić information content (AvgIpc) is 2.34. The van der Waals surface area contributed by atoms with Gasteiger partial charge in [-0.1, -0.05) is 0 Å². The van der Waals surface area contributed by atoms with Crippen LogP contribution in [0.5, 0.6) is 5.75 Å². The van der Waals surface area contributed by atoms with Crippen LogP contribution in [0.2, 0.25) is 0 Å². The van der Waals surface area contributed by atoms with Crippen molar-refractivity contribution >= 4 is 15.7 Å². The van der Waals surface area contributed by atoms with Gasteiger partial charge in [0.05, 0.1) is 7.11 Å². The van der Waals surface area contributed by atoms with Crippen molar-refractivity contribution in [1.29, 1.82) is 0 Å². The minimum absolute atomic E-state index is 0.106. The van der Waals surface area contributed by atoms with Crippen molar-refractivity contribution in [2.75, 3.05) is 40.0 Å². The number of anilines is 1. The summed E-state index contributed by atoms with van der Waals surface area (Å²) in [5.41, 5.74) is 6.06. The highest BCUT2D eigenvalue weighted by Gasteiger charge is 2.18. The quantitative estimate of drug-likeness (QED) is 0.564. The molecule has 0 aromatic heterocycles. The molecule has 0 atom stereocenters. The number of hydrogen-bond donors (Lipinski definition) is 2. The van der Waals surface area contributed by atoms with Gasteiger partial charge in [-0.25, -0.2) is 13.1 Å². The van der Waals surface area contributed by atoms with Crippen LogP contribution < -0.4 is 15.2 Å². The maximum absolute atomic E-state index is 12.1. The minimum Gasteiger partial charge on any atom is -0.495 e. The highest BCUT2D eigenvalue weighted by molar-refractivity contribution is 7.89. The van der Waals surface area contributed by atoms with Crippen LogP contribution in [-0.4, -0.2) is 47.6 Å². The van der Waals surface area contributed by atoms with Crippen LogP contribution in [0.4, 0.5) is 5.69 Å². The number of nitrogen functional groups attached to an aromatic ring is 1. The van der Waals surface area contributed by atoms with E-state index in [0.717, 1.165) is 13.0 Å². The highest BCUT2D eigenvalue weighted by Crippen LogP contribution is 2.25. The van der Waals surface area contributed by atoms with E-state index in [9.17, 15) is 8.42 Å². The predicted molar refractivity (Wildman–Crippen MR) is 75.8 cm³/mol. The van der Waals surface area contributed by atoms with Crippen LogP contribution in [0, 0.1) is 0 Å². The summed E-state index contributed by atoms with van der Waals surface area (Å²) < 4.78 is 31.8. The topological polar surface area (TPSA) is 84.7 Å². The Labute approximate surface area is 114 Å². The first-order chi connectivity index (χ1) is 8.86. The zero-order valence-corrected chi connectivity index (χ0v) is 12.3. The van der Waals surface area contributed by atoms with Crippen molar-refractivity contribution in [3.8, 4) is 5.75 Å². The lowest BCUT2D eigenvalue weighted by Crippen LogP contribution is -2.27. The molecule has 0 amide bonds. The predicted octanol–water partition coefficient (Wildman–Crippen LogP) is 0.507. The fourth-order valence-corrected chi connectivity index (χ4v) is 2.81. The minimum atomic E-state index is -3.57. The van der Waals surface area contributed by atoms with Crippen LogP contribution in [0.25, 0.3) is 0 Å². The van der Waals surface area contributed by atoms with Crippen molar-refractivity contribution in [2.45, 2.75) is 11.3 Å². The smallest absolute Gasteiger partial charge is 0.244 e. The summed E-state index contributed by atoms with van der Waals surface area (Å²) in [6.07, 6.45) is 0.740. The maximum Gasteiger partial charge on any atom is 0.244 e. The third-order valence-electron chi connectivity index (χ3n) is 2.55. The molecule has 6 nitrogen and oxygen atoms in total. The van der Waals surface area contributed by atoms with Gasteiger partial charge >= 0.3 is 0 Å². The van der Waals surface area contributed by atoms with E-state index < -0.39 is 10.0 Å². The number of sulfonamides is 1. The Bertz CT molecular complexity index is 515. The van der Waals surface area contributed by atoms with Crippen molar-refractivity contribution in [3.05, 3.63) is 18.2 Å². The second kappa shape index (κ2) is 6.74. The molecule has 0 fully saturated rings. The van der Waals surface area contributed by atoms with Crippen molar-refractivity contribution < 1.29 is 13.2 Å². The Morgan fingerprint density at radius 3 is 2.63 bits per heavy atom. The number of nitrogens with one attached hydrogen (secondary N) is 1. The van der Waals surface area contributed by atoms with Crippen LogP contribution >= 0.6 is 0 Å². The van der Waals surface area contributed by atoms with Gasteiger partial charge in [-0.15, -0.1) is 0 Å². The van der Waals surface area contributed by atoms with Gasteiger partial charge in [0, 0.05) is 18.3 Å². The molecule has 108 valence electrons. The number of benzene rings is 1. The third kappa shape index (κ3) is 4.70. The third-order valence-corrected chi connectivity index (χ3v) is 4.05. The maximum atomic E-state index is 12.1. The average molecular weight is 287 g/mol. The summed E-state index contributed by atoms with van der Waals surface area (Å²) in [6, 6.07) is 4.48. The molecule has 0 saturated heterocycles. The van der Waals surface area contributed by atoms with Crippen molar-refractivity contribution in [1.82, 2.24) is 9.62 Å². The Hall–Kier alpha value is -1.31. The molecule has 1 aromatic rings. The van der Waals surface area contributed by atoms with E-state index in [0.29, 0.717) is 12.2 Å². The summed E-state index contributed by atoms with van der Waals surface area (Å²) in [5, 5.41) is 0. The van der Waals surface area contributed by atoms with E-state index in [1.165, 1.54) is 25.3 Å². The normalized spacial score (nSPS) is 11.8. The largest absolute Gasteiger partial charge is 0.495 e. The Morgan fingerprint density at radius 2 is 2.05 bits per heavy atom. The van der Waals surface area contributed by atoms with Gasteiger partial charge in [-0.05, 0) is 39.2 Å². The molecule has 0 unspecified atom stereocenters. The fraction of sp³-hybridized carbons (Fsp3) is 0.500. The number of rotatable bonds is 7. The summed E-state index contributed by atoms with van der Waals surface area (Å²) in [7, 11) is 1.73. The van der Waals surface area contributed by atoms with Gasteiger partial charge in [0.2, 0.25) is 10.0 Å². The number of ether oxygens (including phenoxy) is 1. The van der Waals surface area contributed by atoms with Crippen molar-refractivity contribution in [3.63, 3.8) is 0 Å². The SMILES string of the molecule is COc1cc(N)ccc1S(=O)(=O)NCCCN(C)C. The second-order valence-corrected chi connectivity index (χ2v) is 6.20. The molecule has 0 aliphatic carbocycles. The highest BCUT2D eigenvalue weighted by atomic mass is 32.2. The molecule has 1 rings (SSSR count). The lowest BCUT2D eigenvalue weighted by atomic mass is 10.3. The van der Waals surface area contributed by atoms with Crippen LogP contribution in [-0.2, 0) is 10.0 Å². The standard InChI is InChI=1S/C12H21N3O3S/c1-15(2)8-4-7-14-19(16,17)12-6-5-10(13)9-11(12)18-3/h5-6,9,14H,4,7-8,13H2,1-3H3. The lowest BCUT2D eigenvalue weighted by molar-refractivity contribution is 0.397. The second-order valence-electron chi connectivity index (χ2n) is 4.46. The van der Waals surface area contributed by atoms with E-state index in [1.807, 2.05) is 19.0 Å². The van der Waals surface area contributed by atoms with E-state index in [4.69, 9.17) is 10.5 Å². The first kappa shape index (κ1) is 15.7. The van der Waals surface area contributed by atoms with Crippen LogP contribution in [0.15, 0.2) is 23.1 Å². The van der Waals surface area contributed by atoms with Gasteiger partial charge in [-0.2, -0.15) is 0 Å². The molecule has 0 spiro atoms. The van der Waals surface area contributed by atoms with E-state index in [-0.39, 0.29) is 10.6 Å². The molecule has 0 radical (unpaired) electrons. The van der Waals surface area contributed by atoms with Gasteiger partial charge in [0.1, 0.15) is 10.6 Å². The van der Waals surface area contributed by atoms with Gasteiger partial charge in [0.15, 0.2) is 0 Å². The number of nitrogens with two attached hydrogens (primary N) is 1. The number of nitrogens with zero attached hydrogens (tertiary/aromatic N) is 1. The van der Waals surface area contributed by atoms with Gasteiger partial charge in [-0.3, -0.25) is 0 Å². The summed E-state index contributed by atoms with van der Waals surface area (Å²) in [5.74, 6) is 0.250. The van der Waals surface area contributed by atoms with E-state index in [1.54, 1.807) is 0 Å². The summed E-state index contributed by atoms with van der Waals surface area (Å²) >= 11 is 0. The zero-order valence-electron chi connectivity index (χ0n) is 11.5. The fourth-order valence-electron chi connectivity index (χ4n) is 1.59. The molecule has 0 aliphatic heterocycles. The Balaban J connectivity index is 2.77. The molecule has 7 heteroatoms. The van der Waals surface area contributed by atoms with E-state index >= 15 is 0 Å². The van der Waals surface area contributed by atoms with Crippen LogP contribution in [0.1, 0.15) is 6.42 Å². The molecule has 1 aromatic carbocycles. The lowest BCUT2D eigenvalue weighted by Gasteiger charge is -2.12. The molecule has 19 heavy (non-hydrogen) atoms. The zero-order chi connectivity index (χ0) is 14.5. The monoisotopic (exact) mass is 287 g/mol. The Kier molecular flexibility index (Phi) is 5.59. The molecule has 0 saturated carbocycles. The number of hydrogen-bond acceptors (Lipinski definition) is 5. The number of methoxy groups -OCH3 is 1. The van der Waals surface area contributed by atoms with Crippen LogP contribution in [0.3, 0.4) is 0 Å². The summed E-state index contributed by atoms with van der Waals surface area (Å²) in [4.78, 5) is 2.10. The van der Waals surface area contributed by atoms with Crippen molar-refractivity contribution in [2.24, 2.45) is 0 Å². The molecular weight excluding hydrogens is 266 g/mol. The molecule has 0 heterocycles. The molecule has 0 aliphatic rings.